The molecule has 12 nitrogen and oxygen atoms in total. The molecule has 4 rings (SSSR count). The molecule has 0 spiro atoms. The van der Waals surface area contributed by atoms with Crippen LogP contribution in [0.15, 0.2) is 52.5 Å². The maximum atomic E-state index is 13.3. The minimum absolute atomic E-state index is 0.132. The van der Waals surface area contributed by atoms with Gasteiger partial charge in [-0.25, -0.2) is 8.42 Å². The van der Waals surface area contributed by atoms with Gasteiger partial charge in [0, 0.05) is 24.9 Å². The maximum absolute atomic E-state index is 13.3. The van der Waals surface area contributed by atoms with Crippen molar-refractivity contribution in [3.05, 3.63) is 58.2 Å². The first-order valence-corrected chi connectivity index (χ1v) is 14.4. The van der Waals surface area contributed by atoms with Crippen molar-refractivity contribution in [2.45, 2.75) is 36.9 Å². The molecule has 1 aliphatic rings. The number of hydrogen-bond donors (Lipinski definition) is 5. The fraction of sp³-hybridized carbons (Fsp3) is 0.333. The van der Waals surface area contributed by atoms with Gasteiger partial charge in [-0.3, -0.25) is 19.7 Å². The average Bonchev–Trinajstić information content (AvgIpc) is 3.58. The molecule has 0 bridgehead atoms. The smallest absolute Gasteiger partial charge is 0.327 e. The van der Waals surface area contributed by atoms with Crippen LogP contribution in [0.1, 0.15) is 30.1 Å². The number of rotatable bonds is 11. The molecule has 15 heteroatoms. The Morgan fingerprint density at radius 3 is 2.59 bits per heavy atom. The zero-order valence-corrected chi connectivity index (χ0v) is 23.2. The molecule has 0 aliphatic carbocycles. The van der Waals surface area contributed by atoms with Crippen molar-refractivity contribution in [1.82, 2.24) is 30.9 Å². The largest absolute Gasteiger partial charge is 0.440 e. The summed E-state index contributed by atoms with van der Waals surface area (Å²) in [5.41, 5.74) is 0.763. The van der Waals surface area contributed by atoms with E-state index in [0.29, 0.717) is 42.8 Å². The van der Waals surface area contributed by atoms with E-state index in [0.717, 1.165) is 0 Å². The second kappa shape index (κ2) is 12.6. The Morgan fingerprint density at radius 1 is 1.15 bits per heavy atom. The number of nitrogens with zero attached hydrogens (tertiary/aromatic N) is 2. The summed E-state index contributed by atoms with van der Waals surface area (Å²) in [6.07, 6.45) is 1.86. The van der Waals surface area contributed by atoms with Gasteiger partial charge in [-0.2, -0.15) is 9.82 Å². The summed E-state index contributed by atoms with van der Waals surface area (Å²) in [6.45, 7) is 2.69. The number of aliphatic imine (C=N–C) groups is 1. The third kappa shape index (κ3) is 6.98. The zero-order valence-electron chi connectivity index (χ0n) is 20.8. The van der Waals surface area contributed by atoms with Crippen LogP contribution in [0, 0.1) is 0 Å². The van der Waals surface area contributed by atoms with Crippen LogP contribution in [0.25, 0.3) is 10.9 Å². The van der Waals surface area contributed by atoms with Gasteiger partial charge >= 0.3 is 5.97 Å². The fourth-order valence-corrected chi connectivity index (χ4v) is 6.23. The van der Waals surface area contributed by atoms with E-state index in [2.05, 4.69) is 35.9 Å². The van der Waals surface area contributed by atoms with Gasteiger partial charge in [-0.05, 0) is 18.2 Å². The van der Waals surface area contributed by atoms with Gasteiger partial charge in [0.15, 0.2) is 12.2 Å². The quantitative estimate of drug-likeness (QED) is 0.166. The fourth-order valence-electron chi connectivity index (χ4n) is 3.90. The number of hydrogen-bond acceptors (Lipinski definition) is 9. The molecular weight excluding hydrogens is 569 g/mol. The van der Waals surface area contributed by atoms with E-state index in [1.807, 2.05) is 6.92 Å². The number of ether oxygens (including phenoxy) is 1. The number of aromatic nitrogens is 2. The first kappa shape index (κ1) is 28.6. The molecule has 2 unspecified atom stereocenters. The monoisotopic (exact) mass is 595 g/mol. The van der Waals surface area contributed by atoms with Gasteiger partial charge in [0.25, 0.3) is 5.91 Å². The lowest BCUT2D eigenvalue weighted by atomic mass is 10.1. The minimum Gasteiger partial charge on any atom is -0.440 e. The van der Waals surface area contributed by atoms with Crippen molar-refractivity contribution in [3.8, 4) is 0 Å². The van der Waals surface area contributed by atoms with E-state index < -0.39 is 45.6 Å². The Hall–Kier alpha value is -3.39. The number of amides is 1. The van der Waals surface area contributed by atoms with Crippen molar-refractivity contribution in [3.63, 3.8) is 0 Å². The number of sulfonamides is 1. The first-order valence-electron chi connectivity index (χ1n) is 12.1. The van der Waals surface area contributed by atoms with E-state index in [-0.39, 0.29) is 15.6 Å². The van der Waals surface area contributed by atoms with Crippen LogP contribution < -0.4 is 20.7 Å². The summed E-state index contributed by atoms with van der Waals surface area (Å²) >= 11 is 12.2. The van der Waals surface area contributed by atoms with E-state index in [4.69, 9.17) is 27.9 Å². The van der Waals surface area contributed by atoms with E-state index in [1.165, 1.54) is 18.2 Å². The molecule has 0 radical (unpaired) electrons. The highest BCUT2D eigenvalue weighted by Gasteiger charge is 2.32. The standard InChI is InChI=1S/C24H27Cl2N7O5S/c1-2-5-19(31-24-27-10-11-28-24)38-23(35)18(33-39(36,37)21-16(25)8-4-9-17(21)26)13-29-22(34)15-7-3-6-14-12-30-32-20(14)15/h3-4,6-9,12,18-19,33H,2,5,10-11,13H2,1H3,(H,29,34)(H,30,32)(H2,27,28,31). The number of halogens is 2. The Bertz CT molecular complexity index is 1470. The highest BCUT2D eigenvalue weighted by molar-refractivity contribution is 7.89. The summed E-state index contributed by atoms with van der Waals surface area (Å²) < 4.78 is 34.5. The lowest BCUT2D eigenvalue weighted by Gasteiger charge is -2.24. The van der Waals surface area contributed by atoms with E-state index in [9.17, 15) is 18.0 Å². The summed E-state index contributed by atoms with van der Waals surface area (Å²) in [5, 5.41) is 15.8. The molecule has 1 amide bonds. The van der Waals surface area contributed by atoms with Crippen LogP contribution in [0.2, 0.25) is 10.0 Å². The Morgan fingerprint density at radius 2 is 1.90 bits per heavy atom. The lowest BCUT2D eigenvalue weighted by molar-refractivity contribution is -0.152. The predicted octanol–water partition coefficient (Wildman–Crippen LogP) is 2.16. The average molecular weight is 596 g/mol. The van der Waals surface area contributed by atoms with Gasteiger partial charge < -0.3 is 20.7 Å². The van der Waals surface area contributed by atoms with Gasteiger partial charge in [0.05, 0.1) is 33.9 Å². The summed E-state index contributed by atoms with van der Waals surface area (Å²) in [6, 6.07) is 7.73. The van der Waals surface area contributed by atoms with E-state index in [1.54, 1.807) is 24.4 Å². The van der Waals surface area contributed by atoms with Crippen LogP contribution in [-0.2, 0) is 19.6 Å². The molecule has 2 aromatic carbocycles. The van der Waals surface area contributed by atoms with Crippen molar-refractivity contribution in [1.29, 1.82) is 0 Å². The zero-order chi connectivity index (χ0) is 28.0. The number of benzene rings is 2. The number of carbonyl (C=O) groups is 2. The topological polar surface area (TPSA) is 167 Å². The van der Waals surface area contributed by atoms with Crippen LogP contribution in [0.5, 0.6) is 0 Å². The number of nitrogens with one attached hydrogen (secondary N) is 5. The normalized spacial score (nSPS) is 14.8. The van der Waals surface area contributed by atoms with E-state index >= 15 is 0 Å². The van der Waals surface area contributed by atoms with Crippen molar-refractivity contribution >= 4 is 62.0 Å². The van der Waals surface area contributed by atoms with Crippen LogP contribution >= 0.6 is 23.2 Å². The van der Waals surface area contributed by atoms with Crippen molar-refractivity contribution in [2.75, 3.05) is 19.6 Å². The number of guanidine groups is 1. The highest BCUT2D eigenvalue weighted by atomic mass is 35.5. The maximum Gasteiger partial charge on any atom is 0.327 e. The Labute approximate surface area is 234 Å². The molecule has 0 saturated heterocycles. The Balaban J connectivity index is 1.57. The number of fused-ring (bicyclic) bond motifs is 1. The molecule has 2 heterocycles. The number of H-pyrrole nitrogens is 1. The summed E-state index contributed by atoms with van der Waals surface area (Å²) in [5.74, 6) is -1.00. The third-order valence-corrected chi connectivity index (χ3v) is 8.16. The van der Waals surface area contributed by atoms with Crippen molar-refractivity contribution < 1.29 is 22.7 Å². The molecular formula is C24H27Cl2N7O5S. The number of aromatic amines is 1. The summed E-state index contributed by atoms with van der Waals surface area (Å²) in [7, 11) is -4.41. The minimum atomic E-state index is -4.41. The van der Waals surface area contributed by atoms with Gasteiger partial charge in [0.2, 0.25) is 10.0 Å². The van der Waals surface area contributed by atoms with Crippen molar-refractivity contribution in [2.24, 2.45) is 4.99 Å². The molecule has 0 fully saturated rings. The molecule has 5 N–H and O–H groups in total. The molecule has 3 aromatic rings. The number of carbonyl (C=O) groups excluding carboxylic acids is 2. The molecule has 2 atom stereocenters. The molecule has 39 heavy (non-hydrogen) atoms. The molecule has 0 saturated carbocycles. The second-order valence-electron chi connectivity index (χ2n) is 8.59. The number of esters is 1. The highest BCUT2D eigenvalue weighted by Crippen LogP contribution is 2.29. The molecule has 208 valence electrons. The predicted molar refractivity (Wildman–Crippen MR) is 147 cm³/mol. The number of para-hydroxylation sites is 1. The molecule has 1 aliphatic heterocycles. The lowest BCUT2D eigenvalue weighted by Crippen LogP contribution is -2.52. The third-order valence-electron chi connectivity index (χ3n) is 5.74. The SMILES string of the molecule is CCCC(NC1=NCCN1)OC(=O)C(CNC(=O)c1cccc2cn[nH]c12)NS(=O)(=O)c1c(Cl)cccc1Cl. The second-order valence-corrected chi connectivity index (χ2v) is 11.1. The molecule has 1 aromatic heterocycles. The van der Waals surface area contributed by atoms with Crippen LogP contribution in [0.4, 0.5) is 0 Å². The first-order chi connectivity index (χ1) is 18.7. The van der Waals surface area contributed by atoms with Gasteiger partial charge in [0.1, 0.15) is 10.9 Å². The van der Waals surface area contributed by atoms with Gasteiger partial charge in [-0.1, -0.05) is 54.7 Å². The van der Waals surface area contributed by atoms with Crippen LogP contribution in [0.3, 0.4) is 0 Å². The van der Waals surface area contributed by atoms with Crippen LogP contribution in [-0.4, -0.2) is 68.4 Å². The Kier molecular flexibility index (Phi) is 9.28. The summed E-state index contributed by atoms with van der Waals surface area (Å²) in [4.78, 5) is 30.2. The van der Waals surface area contributed by atoms with Gasteiger partial charge in [-0.15, -0.1) is 0 Å².